The van der Waals surface area contributed by atoms with Crippen LogP contribution in [0.4, 0.5) is 4.79 Å². The maximum absolute atomic E-state index is 13.5. The molecule has 1 aromatic heterocycles. The Morgan fingerprint density at radius 2 is 1.68 bits per heavy atom. The van der Waals surface area contributed by atoms with Crippen molar-refractivity contribution in [1.29, 1.82) is 0 Å². The minimum absolute atomic E-state index is 0.133. The van der Waals surface area contributed by atoms with E-state index in [2.05, 4.69) is 26.1 Å². The zero-order valence-corrected chi connectivity index (χ0v) is 24.1. The number of hydrogen-bond acceptors (Lipinski definition) is 6. The zero-order valence-electron chi connectivity index (χ0n) is 24.1. The predicted octanol–water partition coefficient (Wildman–Crippen LogP) is 5.56. The largest absolute Gasteiger partial charge is 0.481 e. The van der Waals surface area contributed by atoms with E-state index in [0.29, 0.717) is 12.4 Å². The Labute approximate surface area is 226 Å². The number of nitrogens with zero attached hydrogens (tertiary/aromatic N) is 2. The van der Waals surface area contributed by atoms with E-state index >= 15 is 0 Å². The van der Waals surface area contributed by atoms with Gasteiger partial charge >= 0.3 is 12.1 Å². The number of carboxylic acids is 1. The fraction of sp³-hybridized carbons (Fsp3) is 0.567. The number of rotatable bonds is 7. The third-order valence-corrected chi connectivity index (χ3v) is 7.04. The number of carbonyl (C=O) groups excluding carboxylic acids is 1. The van der Waals surface area contributed by atoms with Crippen LogP contribution in [0.25, 0.3) is 0 Å². The first-order valence-corrected chi connectivity index (χ1v) is 13.2. The van der Waals surface area contributed by atoms with Crippen molar-refractivity contribution in [2.24, 2.45) is 11.3 Å². The van der Waals surface area contributed by atoms with Gasteiger partial charge in [-0.1, -0.05) is 77.9 Å². The van der Waals surface area contributed by atoms with Crippen LogP contribution in [0.3, 0.4) is 0 Å². The van der Waals surface area contributed by atoms with Gasteiger partial charge in [0.25, 0.3) is 0 Å². The van der Waals surface area contributed by atoms with Crippen LogP contribution >= 0.6 is 0 Å². The Morgan fingerprint density at radius 1 is 1.05 bits per heavy atom. The van der Waals surface area contributed by atoms with Gasteiger partial charge in [0.15, 0.2) is 0 Å². The molecule has 0 spiro atoms. The molecule has 1 aliphatic heterocycles. The van der Waals surface area contributed by atoms with Crippen molar-refractivity contribution < 1.29 is 24.2 Å². The highest BCUT2D eigenvalue weighted by molar-refractivity contribution is 5.82. The summed E-state index contributed by atoms with van der Waals surface area (Å²) in [6.07, 6.45) is -1.02. The number of benzene rings is 1. The third-order valence-electron chi connectivity index (χ3n) is 7.04. The quantitative estimate of drug-likeness (QED) is 0.488. The monoisotopic (exact) mass is 525 g/mol. The lowest BCUT2D eigenvalue weighted by atomic mass is 9.72. The molecule has 4 atom stereocenters. The normalized spacial score (nSPS) is 22.0. The lowest BCUT2D eigenvalue weighted by molar-refractivity contribution is -0.144. The Bertz CT molecular complexity index is 1120. The van der Waals surface area contributed by atoms with Crippen molar-refractivity contribution in [1.82, 2.24) is 15.2 Å². The molecule has 1 aromatic carbocycles. The topological polar surface area (TPSA) is 101 Å². The number of pyridine rings is 1. The number of amides is 1. The summed E-state index contributed by atoms with van der Waals surface area (Å²) in [5.41, 5.74) is 2.04. The summed E-state index contributed by atoms with van der Waals surface area (Å²) < 4.78 is 11.2. The van der Waals surface area contributed by atoms with E-state index in [0.717, 1.165) is 16.8 Å². The fourth-order valence-electron chi connectivity index (χ4n) is 5.37. The lowest BCUT2D eigenvalue weighted by Crippen LogP contribution is -2.48. The second-order valence-electron chi connectivity index (χ2n) is 12.4. The van der Waals surface area contributed by atoms with Gasteiger partial charge in [0.05, 0.1) is 19.3 Å². The molecule has 0 bridgehead atoms. The highest BCUT2D eigenvalue weighted by Crippen LogP contribution is 2.48. The summed E-state index contributed by atoms with van der Waals surface area (Å²) in [7, 11) is 1.60. The van der Waals surface area contributed by atoms with Crippen LogP contribution in [0.5, 0.6) is 5.88 Å². The number of carbonyl (C=O) groups is 2. The molecule has 38 heavy (non-hydrogen) atoms. The van der Waals surface area contributed by atoms with Gasteiger partial charge in [0.1, 0.15) is 6.04 Å². The summed E-state index contributed by atoms with van der Waals surface area (Å²) in [5.74, 6) is -0.945. The van der Waals surface area contributed by atoms with Gasteiger partial charge in [-0.2, -0.15) is 0 Å². The van der Waals surface area contributed by atoms with Crippen molar-refractivity contribution >= 4 is 12.1 Å². The standard InChI is InChI=1S/C30H43N3O5/c1-18(2)38-28(36)33-24(19-13-11-10-12-14-19)23(22(30(6,7)8)25(33)27(34)35)31-17-20-15-16-21(29(3,4)5)32-26(20)37-9/h10-16,18,22-25,31H,17H2,1-9H3,(H,34,35)/t22-,23-,24-,25-/m0/s1. The molecular formula is C30H43N3O5. The van der Waals surface area contributed by atoms with Gasteiger partial charge in [-0.15, -0.1) is 0 Å². The van der Waals surface area contributed by atoms with Crippen LogP contribution in [0.1, 0.15) is 78.3 Å². The number of ether oxygens (including phenoxy) is 2. The molecule has 2 heterocycles. The second kappa shape index (κ2) is 11.3. The maximum atomic E-state index is 13.5. The van der Waals surface area contributed by atoms with Crippen LogP contribution < -0.4 is 10.1 Å². The van der Waals surface area contributed by atoms with Crippen LogP contribution in [0, 0.1) is 11.3 Å². The van der Waals surface area contributed by atoms with Gasteiger partial charge < -0.3 is 19.9 Å². The van der Waals surface area contributed by atoms with E-state index in [1.807, 2.05) is 63.2 Å². The lowest BCUT2D eigenvalue weighted by Gasteiger charge is -2.35. The number of aromatic nitrogens is 1. The van der Waals surface area contributed by atoms with Crippen LogP contribution in [-0.2, 0) is 21.5 Å². The van der Waals surface area contributed by atoms with Crippen LogP contribution in [0.2, 0.25) is 0 Å². The molecule has 8 nitrogen and oxygen atoms in total. The van der Waals surface area contributed by atoms with Crippen LogP contribution in [-0.4, -0.2) is 52.4 Å². The molecule has 8 heteroatoms. The van der Waals surface area contributed by atoms with Crippen molar-refractivity contribution in [2.75, 3.05) is 7.11 Å². The first-order chi connectivity index (χ1) is 17.7. The molecule has 2 N–H and O–H groups in total. The number of nitrogens with one attached hydrogen (secondary N) is 1. The molecule has 0 saturated carbocycles. The Morgan fingerprint density at radius 3 is 2.18 bits per heavy atom. The molecule has 1 amide bonds. The predicted molar refractivity (Wildman–Crippen MR) is 147 cm³/mol. The van der Waals surface area contributed by atoms with E-state index in [1.165, 1.54) is 4.90 Å². The molecule has 1 saturated heterocycles. The summed E-state index contributed by atoms with van der Waals surface area (Å²) in [6.45, 7) is 16.3. The summed E-state index contributed by atoms with van der Waals surface area (Å²) in [6, 6.07) is 11.5. The first-order valence-electron chi connectivity index (χ1n) is 13.2. The van der Waals surface area contributed by atoms with E-state index in [4.69, 9.17) is 14.5 Å². The molecule has 0 unspecified atom stereocenters. The first kappa shape index (κ1) is 29.4. The molecular weight excluding hydrogens is 482 g/mol. The SMILES string of the molecule is COc1nc(C(C)(C)C)ccc1CN[C@H]1[C@H](C(C)(C)C)[C@@H](C(=O)O)N(C(=O)OC(C)C)[C@H]1c1ccccc1. The average Bonchev–Trinajstić information content (AvgIpc) is 3.18. The number of hydrogen-bond donors (Lipinski definition) is 2. The number of likely N-dealkylation sites (tertiary alicyclic amines) is 1. The molecule has 0 aliphatic carbocycles. The van der Waals surface area contributed by atoms with Gasteiger partial charge in [-0.05, 0) is 30.9 Å². The number of methoxy groups -OCH3 is 1. The molecule has 208 valence electrons. The van der Waals surface area contributed by atoms with E-state index in [-0.39, 0.29) is 17.6 Å². The Balaban J connectivity index is 2.10. The molecule has 2 aromatic rings. The highest BCUT2D eigenvalue weighted by Gasteiger charge is 2.58. The highest BCUT2D eigenvalue weighted by atomic mass is 16.6. The number of aliphatic carboxylic acids is 1. The van der Waals surface area contributed by atoms with Gasteiger partial charge in [0, 0.05) is 35.2 Å². The smallest absolute Gasteiger partial charge is 0.411 e. The Hall–Kier alpha value is -3.13. The summed E-state index contributed by atoms with van der Waals surface area (Å²) in [5, 5.41) is 14.1. The second-order valence-corrected chi connectivity index (χ2v) is 12.4. The van der Waals surface area contributed by atoms with Crippen molar-refractivity contribution in [3.8, 4) is 5.88 Å². The van der Waals surface area contributed by atoms with Crippen molar-refractivity contribution in [2.45, 2.75) is 91.6 Å². The summed E-state index contributed by atoms with van der Waals surface area (Å²) >= 11 is 0. The van der Waals surface area contributed by atoms with E-state index in [9.17, 15) is 14.7 Å². The molecule has 0 radical (unpaired) electrons. The van der Waals surface area contributed by atoms with Crippen LogP contribution in [0.15, 0.2) is 42.5 Å². The zero-order chi connectivity index (χ0) is 28.4. The Kier molecular flexibility index (Phi) is 8.76. The summed E-state index contributed by atoms with van der Waals surface area (Å²) in [4.78, 5) is 32.4. The number of carboxylic acid groups (broad SMARTS) is 1. The van der Waals surface area contributed by atoms with Gasteiger partial charge in [-0.25, -0.2) is 14.6 Å². The third kappa shape index (κ3) is 6.29. The maximum Gasteiger partial charge on any atom is 0.411 e. The van der Waals surface area contributed by atoms with E-state index < -0.39 is 35.5 Å². The van der Waals surface area contributed by atoms with Crippen molar-refractivity contribution in [3.63, 3.8) is 0 Å². The average molecular weight is 526 g/mol. The minimum Gasteiger partial charge on any atom is -0.481 e. The minimum atomic E-state index is -1.08. The van der Waals surface area contributed by atoms with E-state index in [1.54, 1.807) is 21.0 Å². The molecule has 1 aliphatic rings. The molecule has 3 rings (SSSR count). The molecule has 1 fully saturated rings. The fourth-order valence-corrected chi connectivity index (χ4v) is 5.37. The van der Waals surface area contributed by atoms with Gasteiger partial charge in [-0.3, -0.25) is 4.90 Å². The van der Waals surface area contributed by atoms with Gasteiger partial charge in [0.2, 0.25) is 5.88 Å². The van der Waals surface area contributed by atoms with Crippen molar-refractivity contribution in [3.05, 3.63) is 59.3 Å².